The number of benzene rings is 1. The third-order valence-corrected chi connectivity index (χ3v) is 9.15. The molecule has 0 fully saturated rings. The minimum absolute atomic E-state index is 0.00611. The van der Waals surface area contributed by atoms with Gasteiger partial charge in [-0.05, 0) is 43.7 Å². The summed E-state index contributed by atoms with van der Waals surface area (Å²) in [7, 11) is 1.33. The Bertz CT molecular complexity index is 1450. The Morgan fingerprint density at radius 2 is 2.08 bits per heavy atom. The van der Waals surface area contributed by atoms with Crippen LogP contribution in [0, 0.1) is 16.0 Å². The van der Waals surface area contributed by atoms with Crippen LogP contribution in [0.15, 0.2) is 23.2 Å². The number of carbonyl (C=O) groups excluding carboxylic acids is 3. The second-order valence-electron chi connectivity index (χ2n) is 8.63. The van der Waals surface area contributed by atoms with E-state index < -0.39 is 16.8 Å². The maximum Gasteiger partial charge on any atom is 0.341 e. The summed E-state index contributed by atoms with van der Waals surface area (Å²) < 4.78 is 7.45. The zero-order valence-electron chi connectivity index (χ0n) is 20.6. The standard InChI is InChI=1S/C24H26N4O6S3/c1-4-27-16-8-6-14(28(32)33)10-18(16)37-24(27)26-20(30)12-35-11-19(29)25-22-21(23(31)34-3)15-7-5-13(2)9-17(15)36-22/h6,8,10,13H,4-5,7,9,11-12H2,1-3H3,(H,25,29). The number of rotatable bonds is 8. The summed E-state index contributed by atoms with van der Waals surface area (Å²) in [5, 5.41) is 14.4. The van der Waals surface area contributed by atoms with Gasteiger partial charge < -0.3 is 14.6 Å². The lowest BCUT2D eigenvalue weighted by Gasteiger charge is -2.18. The van der Waals surface area contributed by atoms with E-state index in [-0.39, 0.29) is 23.1 Å². The third kappa shape index (κ3) is 5.94. The first-order valence-corrected chi connectivity index (χ1v) is 14.5. The van der Waals surface area contributed by atoms with E-state index in [4.69, 9.17) is 4.74 Å². The van der Waals surface area contributed by atoms with Gasteiger partial charge in [-0.1, -0.05) is 18.3 Å². The van der Waals surface area contributed by atoms with Crippen LogP contribution in [0.4, 0.5) is 10.7 Å². The molecule has 10 nitrogen and oxygen atoms in total. The number of anilines is 1. The van der Waals surface area contributed by atoms with Crippen LogP contribution in [0.3, 0.4) is 0 Å². The first-order valence-electron chi connectivity index (χ1n) is 11.7. The first-order chi connectivity index (χ1) is 17.7. The quantitative estimate of drug-likeness (QED) is 0.244. The number of fused-ring (bicyclic) bond motifs is 2. The highest BCUT2D eigenvalue weighted by Crippen LogP contribution is 2.40. The van der Waals surface area contributed by atoms with E-state index >= 15 is 0 Å². The second-order valence-corrected chi connectivity index (χ2v) is 11.7. The first kappa shape index (κ1) is 27.0. The number of ether oxygens (including phenoxy) is 1. The van der Waals surface area contributed by atoms with Crippen molar-refractivity contribution in [1.29, 1.82) is 0 Å². The number of carbonyl (C=O) groups is 3. The van der Waals surface area contributed by atoms with Crippen molar-refractivity contribution in [2.75, 3.05) is 23.9 Å². The number of non-ortho nitro benzene ring substituents is 1. The second kappa shape index (κ2) is 11.6. The summed E-state index contributed by atoms with van der Waals surface area (Å²) in [6.45, 7) is 4.62. The zero-order chi connectivity index (χ0) is 26.7. The van der Waals surface area contributed by atoms with Crippen LogP contribution in [0.1, 0.15) is 41.1 Å². The number of aromatic nitrogens is 1. The molecule has 4 rings (SSSR count). The predicted octanol–water partition coefficient (Wildman–Crippen LogP) is 4.40. The summed E-state index contributed by atoms with van der Waals surface area (Å²) >= 11 is 3.76. The van der Waals surface area contributed by atoms with Gasteiger partial charge in [0, 0.05) is 23.6 Å². The lowest BCUT2D eigenvalue weighted by Crippen LogP contribution is -2.19. The molecule has 0 aliphatic heterocycles. The molecule has 0 saturated heterocycles. The number of esters is 1. The largest absolute Gasteiger partial charge is 0.465 e. The molecule has 1 atom stereocenters. The maximum atomic E-state index is 12.6. The number of thioether (sulfide) groups is 1. The molecule has 1 unspecified atom stereocenters. The SMILES string of the molecule is CCn1c(=NC(=O)CSCC(=O)Nc2sc3c(c2C(=O)OC)CCC(C)C3)sc2cc([N+](=O)[O-])ccc21. The number of nitrogens with zero attached hydrogens (tertiary/aromatic N) is 3. The average molecular weight is 563 g/mol. The van der Waals surface area contributed by atoms with Gasteiger partial charge in [0.1, 0.15) is 5.00 Å². The fourth-order valence-corrected chi connectivity index (χ4v) is 7.41. The van der Waals surface area contributed by atoms with Gasteiger partial charge in [-0.3, -0.25) is 19.7 Å². The molecule has 1 aliphatic carbocycles. The molecule has 37 heavy (non-hydrogen) atoms. The molecule has 0 spiro atoms. The van der Waals surface area contributed by atoms with E-state index in [9.17, 15) is 24.5 Å². The lowest BCUT2D eigenvalue weighted by molar-refractivity contribution is -0.384. The number of thiophene rings is 1. The third-order valence-electron chi connectivity index (χ3n) is 6.03. The molecule has 3 aromatic rings. The Kier molecular flexibility index (Phi) is 8.45. The smallest absolute Gasteiger partial charge is 0.341 e. The normalized spacial score (nSPS) is 15.4. The van der Waals surface area contributed by atoms with Crippen LogP contribution < -0.4 is 10.1 Å². The number of nitro benzene ring substituents is 1. The van der Waals surface area contributed by atoms with Crippen molar-refractivity contribution in [2.24, 2.45) is 10.9 Å². The molecule has 1 N–H and O–H groups in total. The van der Waals surface area contributed by atoms with Gasteiger partial charge in [0.2, 0.25) is 5.91 Å². The summed E-state index contributed by atoms with van der Waals surface area (Å²) in [4.78, 5) is 53.9. The summed E-state index contributed by atoms with van der Waals surface area (Å²) in [5.41, 5.74) is 2.15. The fraction of sp³-hybridized carbons (Fsp3) is 0.417. The van der Waals surface area contributed by atoms with Crippen molar-refractivity contribution in [2.45, 2.75) is 39.7 Å². The summed E-state index contributed by atoms with van der Waals surface area (Å²) in [6, 6.07) is 4.56. The molecule has 0 bridgehead atoms. The van der Waals surface area contributed by atoms with Crippen molar-refractivity contribution in [3.63, 3.8) is 0 Å². The van der Waals surface area contributed by atoms with Crippen LogP contribution in [0.5, 0.6) is 0 Å². The zero-order valence-corrected chi connectivity index (χ0v) is 23.0. The molecule has 0 radical (unpaired) electrons. The number of hydrogen-bond acceptors (Lipinski definition) is 9. The Balaban J connectivity index is 1.41. The van der Waals surface area contributed by atoms with Gasteiger partial charge >= 0.3 is 5.97 Å². The molecule has 2 heterocycles. The van der Waals surface area contributed by atoms with Crippen LogP contribution in [0.25, 0.3) is 10.2 Å². The Morgan fingerprint density at radius 3 is 2.78 bits per heavy atom. The average Bonchev–Trinajstić information content (AvgIpc) is 3.38. The van der Waals surface area contributed by atoms with E-state index in [1.807, 2.05) is 11.5 Å². The highest BCUT2D eigenvalue weighted by molar-refractivity contribution is 8.00. The molecular formula is C24H26N4O6S3. The molecule has 0 saturated carbocycles. The van der Waals surface area contributed by atoms with Gasteiger partial charge in [0.25, 0.3) is 11.6 Å². The minimum atomic E-state index is -0.459. The van der Waals surface area contributed by atoms with Crippen molar-refractivity contribution >= 4 is 73.1 Å². The van der Waals surface area contributed by atoms with Gasteiger partial charge in [-0.25, -0.2) is 4.79 Å². The molecule has 1 aliphatic rings. The monoisotopic (exact) mass is 562 g/mol. The summed E-state index contributed by atoms with van der Waals surface area (Å²) in [6.07, 6.45) is 2.63. The number of nitro groups is 1. The van der Waals surface area contributed by atoms with Crippen molar-refractivity contribution in [1.82, 2.24) is 4.57 Å². The highest BCUT2D eigenvalue weighted by Gasteiger charge is 2.28. The molecule has 13 heteroatoms. The number of amides is 2. The van der Waals surface area contributed by atoms with Gasteiger partial charge in [-0.15, -0.1) is 23.1 Å². The van der Waals surface area contributed by atoms with E-state index in [1.54, 1.807) is 6.07 Å². The molecular weight excluding hydrogens is 536 g/mol. The van der Waals surface area contributed by atoms with Crippen molar-refractivity contribution in [3.8, 4) is 0 Å². The molecule has 2 amide bonds. The van der Waals surface area contributed by atoms with E-state index in [0.29, 0.717) is 32.5 Å². The number of nitrogens with one attached hydrogen (secondary N) is 1. The Hall–Kier alpha value is -3.03. The predicted molar refractivity (Wildman–Crippen MR) is 146 cm³/mol. The van der Waals surface area contributed by atoms with Crippen molar-refractivity contribution in [3.05, 3.63) is 49.1 Å². The fourth-order valence-electron chi connectivity index (χ4n) is 4.26. The molecule has 196 valence electrons. The lowest BCUT2D eigenvalue weighted by atomic mass is 9.88. The Morgan fingerprint density at radius 1 is 1.30 bits per heavy atom. The van der Waals surface area contributed by atoms with Crippen LogP contribution in [-0.4, -0.2) is 45.9 Å². The van der Waals surface area contributed by atoms with Crippen LogP contribution in [-0.2, 0) is 33.7 Å². The van der Waals surface area contributed by atoms with Gasteiger partial charge in [-0.2, -0.15) is 4.99 Å². The molecule has 2 aromatic heterocycles. The highest BCUT2D eigenvalue weighted by atomic mass is 32.2. The Labute approximate surface area is 224 Å². The van der Waals surface area contributed by atoms with Gasteiger partial charge in [0.05, 0.1) is 39.3 Å². The van der Waals surface area contributed by atoms with Gasteiger partial charge in [0.15, 0.2) is 4.80 Å². The van der Waals surface area contributed by atoms with Crippen molar-refractivity contribution < 1.29 is 24.0 Å². The van der Waals surface area contributed by atoms with Crippen LogP contribution >= 0.6 is 34.4 Å². The molecule has 1 aromatic carbocycles. The number of aryl methyl sites for hydroxylation is 1. The topological polar surface area (TPSA) is 133 Å². The number of thiazole rings is 1. The van der Waals surface area contributed by atoms with Crippen LogP contribution in [0.2, 0.25) is 0 Å². The van der Waals surface area contributed by atoms with E-state index in [0.717, 1.165) is 47.0 Å². The maximum absolute atomic E-state index is 12.6. The van der Waals surface area contributed by atoms with E-state index in [1.165, 1.54) is 41.9 Å². The number of methoxy groups -OCH3 is 1. The number of hydrogen-bond donors (Lipinski definition) is 1. The minimum Gasteiger partial charge on any atom is -0.465 e. The summed E-state index contributed by atoms with van der Waals surface area (Å²) in [5.74, 6) is -0.639. The van der Waals surface area contributed by atoms with E-state index in [2.05, 4.69) is 17.2 Å².